The summed E-state index contributed by atoms with van der Waals surface area (Å²) in [5.41, 5.74) is 0.648. The molecule has 13 heavy (non-hydrogen) atoms. The van der Waals surface area contributed by atoms with E-state index >= 15 is 0 Å². The molecule has 0 aliphatic heterocycles. The van der Waals surface area contributed by atoms with Crippen molar-refractivity contribution < 1.29 is 9.72 Å². The fourth-order valence-corrected chi connectivity index (χ4v) is 1.47. The van der Waals surface area contributed by atoms with E-state index in [0.717, 1.165) is 5.56 Å². The molecule has 68 valence electrons. The van der Waals surface area contributed by atoms with Gasteiger partial charge < -0.3 is 0 Å². The predicted molar refractivity (Wildman–Crippen MR) is 50.9 cm³/mol. The molecular formula is C8H6BrNO3. The number of nitro groups is 1. The van der Waals surface area contributed by atoms with Gasteiger partial charge in [0.25, 0.3) is 5.69 Å². The van der Waals surface area contributed by atoms with E-state index in [4.69, 9.17) is 0 Å². The molecule has 1 rings (SSSR count). The Kier molecular flexibility index (Phi) is 2.77. The fourth-order valence-electron chi connectivity index (χ4n) is 0.961. The summed E-state index contributed by atoms with van der Waals surface area (Å²) in [6, 6.07) is 3.09. The topological polar surface area (TPSA) is 60.2 Å². The Balaban J connectivity index is 3.50. The molecule has 0 saturated heterocycles. The SMILES string of the molecule is Cc1ccc(C=O)c([N+](=O)[O-])c1Br. The number of aryl methyl sites for hydroxylation is 1. The quantitative estimate of drug-likeness (QED) is 0.456. The number of aldehydes is 1. The first-order chi connectivity index (χ1) is 6.07. The lowest BCUT2D eigenvalue weighted by atomic mass is 10.1. The Bertz CT molecular complexity index is 376. The number of hydrogen-bond donors (Lipinski definition) is 0. The highest BCUT2D eigenvalue weighted by molar-refractivity contribution is 9.10. The molecule has 0 fully saturated rings. The van der Waals surface area contributed by atoms with E-state index in [0.29, 0.717) is 10.8 Å². The lowest BCUT2D eigenvalue weighted by Crippen LogP contribution is -1.96. The Morgan fingerprint density at radius 2 is 2.15 bits per heavy atom. The van der Waals surface area contributed by atoms with Gasteiger partial charge in [0.15, 0.2) is 6.29 Å². The summed E-state index contributed by atoms with van der Waals surface area (Å²) in [5.74, 6) is 0. The van der Waals surface area contributed by atoms with Crippen LogP contribution in [0.4, 0.5) is 5.69 Å². The highest BCUT2D eigenvalue weighted by Crippen LogP contribution is 2.30. The summed E-state index contributed by atoms with van der Waals surface area (Å²) in [6.45, 7) is 1.73. The van der Waals surface area contributed by atoms with Gasteiger partial charge in [-0.2, -0.15) is 0 Å². The number of halogens is 1. The van der Waals surface area contributed by atoms with E-state index in [1.54, 1.807) is 13.0 Å². The van der Waals surface area contributed by atoms with Crippen LogP contribution in [0.3, 0.4) is 0 Å². The molecule has 0 heterocycles. The number of carbonyl (C=O) groups excluding carboxylic acids is 1. The van der Waals surface area contributed by atoms with Gasteiger partial charge >= 0.3 is 0 Å². The summed E-state index contributed by atoms with van der Waals surface area (Å²) < 4.78 is 0.363. The first-order valence-electron chi connectivity index (χ1n) is 3.46. The van der Waals surface area contributed by atoms with E-state index in [1.807, 2.05) is 0 Å². The zero-order valence-electron chi connectivity index (χ0n) is 6.78. The lowest BCUT2D eigenvalue weighted by molar-refractivity contribution is -0.385. The van der Waals surface area contributed by atoms with Crippen LogP contribution in [0.5, 0.6) is 0 Å². The molecule has 0 radical (unpaired) electrons. The summed E-state index contributed by atoms with van der Waals surface area (Å²) in [4.78, 5) is 20.5. The van der Waals surface area contributed by atoms with Crippen molar-refractivity contribution in [2.75, 3.05) is 0 Å². The maximum absolute atomic E-state index is 10.6. The van der Waals surface area contributed by atoms with Gasteiger partial charge in [0.2, 0.25) is 0 Å². The minimum atomic E-state index is -0.569. The Labute approximate surface area is 82.8 Å². The standard InChI is InChI=1S/C8H6BrNO3/c1-5-2-3-6(4-11)8(7(5)9)10(12)13/h2-4H,1H3. The highest BCUT2D eigenvalue weighted by Gasteiger charge is 2.19. The Morgan fingerprint density at radius 1 is 1.54 bits per heavy atom. The largest absolute Gasteiger partial charge is 0.298 e. The molecule has 0 unspecified atom stereocenters. The van der Waals surface area contributed by atoms with E-state index in [-0.39, 0.29) is 11.3 Å². The molecule has 0 aromatic heterocycles. The van der Waals surface area contributed by atoms with E-state index in [9.17, 15) is 14.9 Å². The minimum Gasteiger partial charge on any atom is -0.298 e. The van der Waals surface area contributed by atoms with Crippen LogP contribution < -0.4 is 0 Å². The Hall–Kier alpha value is -1.23. The van der Waals surface area contributed by atoms with Gasteiger partial charge in [0.05, 0.1) is 15.0 Å². The molecule has 0 saturated carbocycles. The van der Waals surface area contributed by atoms with Crippen molar-refractivity contribution in [3.05, 3.63) is 37.8 Å². The van der Waals surface area contributed by atoms with Crippen molar-refractivity contribution in [3.63, 3.8) is 0 Å². The number of nitrogens with zero attached hydrogens (tertiary/aromatic N) is 1. The van der Waals surface area contributed by atoms with Gasteiger partial charge in [-0.3, -0.25) is 14.9 Å². The predicted octanol–water partition coefficient (Wildman–Crippen LogP) is 2.48. The van der Waals surface area contributed by atoms with Gasteiger partial charge in [-0.1, -0.05) is 6.07 Å². The highest BCUT2D eigenvalue weighted by atomic mass is 79.9. The van der Waals surface area contributed by atoms with Crippen molar-refractivity contribution in [3.8, 4) is 0 Å². The third-order valence-electron chi connectivity index (χ3n) is 1.65. The molecule has 0 aliphatic carbocycles. The van der Waals surface area contributed by atoms with Crippen LogP contribution >= 0.6 is 15.9 Å². The third kappa shape index (κ3) is 1.75. The van der Waals surface area contributed by atoms with Crippen molar-refractivity contribution in [1.82, 2.24) is 0 Å². The Morgan fingerprint density at radius 3 is 2.62 bits per heavy atom. The number of nitro benzene ring substituents is 1. The van der Waals surface area contributed by atoms with Crippen molar-refractivity contribution in [2.45, 2.75) is 6.92 Å². The normalized spacial score (nSPS) is 9.69. The average Bonchev–Trinajstić information content (AvgIpc) is 2.08. The first kappa shape index (κ1) is 9.85. The maximum Gasteiger partial charge on any atom is 0.294 e. The first-order valence-corrected chi connectivity index (χ1v) is 4.26. The smallest absolute Gasteiger partial charge is 0.294 e. The number of hydrogen-bond acceptors (Lipinski definition) is 3. The van der Waals surface area contributed by atoms with Gasteiger partial charge in [0.1, 0.15) is 0 Å². The second-order valence-corrected chi connectivity index (χ2v) is 3.30. The molecule has 0 bridgehead atoms. The van der Waals surface area contributed by atoms with Gasteiger partial charge in [0, 0.05) is 0 Å². The molecule has 0 N–H and O–H groups in total. The number of carbonyl (C=O) groups is 1. The second-order valence-electron chi connectivity index (χ2n) is 2.51. The summed E-state index contributed by atoms with van der Waals surface area (Å²) in [7, 11) is 0. The van der Waals surface area contributed by atoms with E-state index in [2.05, 4.69) is 15.9 Å². The second kappa shape index (κ2) is 3.66. The molecule has 4 nitrogen and oxygen atoms in total. The molecule has 0 aliphatic rings. The van der Waals surface area contributed by atoms with E-state index < -0.39 is 4.92 Å². The zero-order valence-corrected chi connectivity index (χ0v) is 8.37. The third-order valence-corrected chi connectivity index (χ3v) is 2.65. The summed E-state index contributed by atoms with van der Waals surface area (Å²) >= 11 is 3.07. The molecule has 5 heteroatoms. The molecule has 0 spiro atoms. The van der Waals surface area contributed by atoms with Gasteiger partial charge in [-0.15, -0.1) is 0 Å². The molecule has 1 aromatic carbocycles. The zero-order chi connectivity index (χ0) is 10.0. The van der Waals surface area contributed by atoms with Crippen LogP contribution in [0.15, 0.2) is 16.6 Å². The number of benzene rings is 1. The van der Waals surface area contributed by atoms with Crippen molar-refractivity contribution >= 4 is 27.9 Å². The van der Waals surface area contributed by atoms with Crippen LogP contribution in [0.1, 0.15) is 15.9 Å². The average molecular weight is 244 g/mol. The summed E-state index contributed by atoms with van der Waals surface area (Å²) in [6.07, 6.45) is 0.475. The van der Waals surface area contributed by atoms with E-state index in [1.165, 1.54) is 6.07 Å². The van der Waals surface area contributed by atoms with Crippen LogP contribution in [0.2, 0.25) is 0 Å². The van der Waals surface area contributed by atoms with Crippen LogP contribution in [-0.2, 0) is 0 Å². The summed E-state index contributed by atoms with van der Waals surface area (Å²) in [5, 5.41) is 10.6. The lowest BCUT2D eigenvalue weighted by Gasteiger charge is -2.00. The van der Waals surface area contributed by atoms with Crippen LogP contribution in [0.25, 0.3) is 0 Å². The minimum absolute atomic E-state index is 0.0856. The van der Waals surface area contributed by atoms with Crippen LogP contribution in [0, 0.1) is 17.0 Å². The molecule has 0 atom stereocenters. The van der Waals surface area contributed by atoms with Crippen molar-refractivity contribution in [1.29, 1.82) is 0 Å². The monoisotopic (exact) mass is 243 g/mol. The molecule has 0 amide bonds. The van der Waals surface area contributed by atoms with Gasteiger partial charge in [-0.05, 0) is 34.5 Å². The van der Waals surface area contributed by atoms with Crippen LogP contribution in [-0.4, -0.2) is 11.2 Å². The number of rotatable bonds is 2. The van der Waals surface area contributed by atoms with Crippen molar-refractivity contribution in [2.24, 2.45) is 0 Å². The fraction of sp³-hybridized carbons (Fsp3) is 0.125. The van der Waals surface area contributed by atoms with Gasteiger partial charge in [-0.25, -0.2) is 0 Å². The maximum atomic E-state index is 10.6. The molecule has 1 aromatic rings. The molecular weight excluding hydrogens is 238 g/mol.